The topological polar surface area (TPSA) is 66.8 Å². The number of aliphatic carboxylic acids is 1. The van der Waals surface area contributed by atoms with E-state index in [0.29, 0.717) is 13.0 Å². The van der Waals surface area contributed by atoms with E-state index in [1.54, 1.807) is 0 Å². The number of amides is 1. The van der Waals surface area contributed by atoms with Crippen LogP contribution in [0.15, 0.2) is 30.3 Å². The van der Waals surface area contributed by atoms with E-state index in [2.05, 4.69) is 0 Å². The highest BCUT2D eigenvalue weighted by Gasteiger charge is 2.63. The molecule has 5 heteroatoms. The van der Waals surface area contributed by atoms with Crippen LogP contribution in [0.2, 0.25) is 0 Å². The Morgan fingerprint density at radius 1 is 1.35 bits per heavy atom. The number of rotatable bonds is 3. The number of carboxylic acids is 1. The summed E-state index contributed by atoms with van der Waals surface area (Å²) in [5, 5.41) is 9.27. The summed E-state index contributed by atoms with van der Waals surface area (Å²) in [6.45, 7) is 1.09. The van der Waals surface area contributed by atoms with E-state index in [1.165, 1.54) is 4.90 Å². The van der Waals surface area contributed by atoms with E-state index in [-0.39, 0.29) is 19.1 Å². The van der Waals surface area contributed by atoms with Crippen molar-refractivity contribution in [1.82, 2.24) is 4.90 Å². The van der Waals surface area contributed by atoms with Gasteiger partial charge in [0.25, 0.3) is 0 Å². The molecule has 2 fully saturated rings. The molecule has 3 rings (SSSR count). The van der Waals surface area contributed by atoms with Crippen molar-refractivity contribution in [3.63, 3.8) is 0 Å². The smallest absolute Gasteiger partial charge is 0.410 e. The second-order valence-corrected chi connectivity index (χ2v) is 5.61. The number of likely N-dealkylation sites (tertiary alicyclic amines) is 1. The molecule has 0 unspecified atom stereocenters. The number of carbonyl (C=O) groups is 2. The predicted molar refractivity (Wildman–Crippen MR) is 71.0 cm³/mol. The third kappa shape index (κ3) is 2.24. The van der Waals surface area contributed by atoms with Gasteiger partial charge in [-0.1, -0.05) is 30.3 Å². The summed E-state index contributed by atoms with van der Waals surface area (Å²) in [4.78, 5) is 24.8. The van der Waals surface area contributed by atoms with Gasteiger partial charge in [-0.15, -0.1) is 0 Å². The van der Waals surface area contributed by atoms with Crippen molar-refractivity contribution >= 4 is 12.1 Å². The Labute approximate surface area is 117 Å². The molecule has 20 heavy (non-hydrogen) atoms. The summed E-state index contributed by atoms with van der Waals surface area (Å²) in [5.41, 5.74) is 0.222. The summed E-state index contributed by atoms with van der Waals surface area (Å²) in [7, 11) is 0. The van der Waals surface area contributed by atoms with E-state index in [0.717, 1.165) is 12.0 Å². The number of carbonyl (C=O) groups excluding carboxylic acids is 1. The number of benzene rings is 1. The maximum atomic E-state index is 12.0. The first-order chi connectivity index (χ1) is 9.62. The molecule has 1 saturated heterocycles. The zero-order valence-electron chi connectivity index (χ0n) is 11.1. The van der Waals surface area contributed by atoms with Crippen molar-refractivity contribution in [2.24, 2.45) is 11.3 Å². The number of ether oxygens (including phenoxy) is 1. The van der Waals surface area contributed by atoms with Gasteiger partial charge in [-0.05, 0) is 24.3 Å². The van der Waals surface area contributed by atoms with Gasteiger partial charge in [0.15, 0.2) is 0 Å². The molecule has 1 heterocycles. The predicted octanol–water partition coefficient (Wildman–Crippen LogP) is 2.12. The van der Waals surface area contributed by atoms with Crippen molar-refractivity contribution in [2.45, 2.75) is 19.4 Å². The van der Waals surface area contributed by atoms with Crippen LogP contribution in [0.3, 0.4) is 0 Å². The highest BCUT2D eigenvalue weighted by atomic mass is 16.6. The van der Waals surface area contributed by atoms with Crippen molar-refractivity contribution in [1.29, 1.82) is 0 Å². The molecule has 1 aliphatic carbocycles. The van der Waals surface area contributed by atoms with E-state index in [9.17, 15) is 14.7 Å². The summed E-state index contributed by atoms with van der Waals surface area (Å²) >= 11 is 0. The fourth-order valence-electron chi connectivity index (χ4n) is 2.98. The van der Waals surface area contributed by atoms with E-state index in [1.807, 2.05) is 30.3 Å². The monoisotopic (exact) mass is 275 g/mol. The van der Waals surface area contributed by atoms with Gasteiger partial charge in [0.05, 0.1) is 5.41 Å². The van der Waals surface area contributed by atoms with Crippen LogP contribution in [-0.2, 0) is 16.1 Å². The van der Waals surface area contributed by atoms with E-state index < -0.39 is 17.5 Å². The second-order valence-electron chi connectivity index (χ2n) is 5.61. The van der Waals surface area contributed by atoms with Crippen LogP contribution >= 0.6 is 0 Å². The normalized spacial score (nSPS) is 27.6. The molecule has 0 aromatic heterocycles. The quantitative estimate of drug-likeness (QED) is 0.917. The second kappa shape index (κ2) is 4.81. The highest BCUT2D eigenvalue weighted by molar-refractivity contribution is 5.80. The first-order valence-corrected chi connectivity index (χ1v) is 6.81. The van der Waals surface area contributed by atoms with Gasteiger partial charge in [0.2, 0.25) is 0 Å². The lowest BCUT2D eigenvalue weighted by atomic mass is 9.98. The van der Waals surface area contributed by atoms with Gasteiger partial charge in [-0.3, -0.25) is 4.79 Å². The molecule has 2 aliphatic rings. The molecule has 106 valence electrons. The van der Waals surface area contributed by atoms with Crippen molar-refractivity contribution in [3.05, 3.63) is 35.9 Å². The Morgan fingerprint density at radius 3 is 2.80 bits per heavy atom. The van der Waals surface area contributed by atoms with Gasteiger partial charge in [0.1, 0.15) is 6.61 Å². The van der Waals surface area contributed by atoms with Gasteiger partial charge < -0.3 is 14.7 Å². The fourth-order valence-corrected chi connectivity index (χ4v) is 2.98. The average molecular weight is 275 g/mol. The lowest BCUT2D eigenvalue weighted by molar-refractivity contribution is -0.145. The molecular formula is C15H17NO4. The van der Waals surface area contributed by atoms with E-state index in [4.69, 9.17) is 4.74 Å². The van der Waals surface area contributed by atoms with Crippen molar-refractivity contribution < 1.29 is 19.4 Å². The molecule has 1 aromatic rings. The number of hydrogen-bond acceptors (Lipinski definition) is 3. The van der Waals surface area contributed by atoms with E-state index >= 15 is 0 Å². The zero-order valence-corrected chi connectivity index (χ0v) is 11.1. The minimum atomic E-state index is -0.789. The summed E-state index contributed by atoms with van der Waals surface area (Å²) in [6, 6.07) is 9.45. The third-order valence-electron chi connectivity index (χ3n) is 4.34. The molecule has 0 radical (unpaired) electrons. The number of fused-ring (bicyclic) bond motifs is 1. The Kier molecular flexibility index (Phi) is 3.12. The summed E-state index contributed by atoms with van der Waals surface area (Å²) < 4.78 is 5.25. The Hall–Kier alpha value is -2.04. The first-order valence-electron chi connectivity index (χ1n) is 6.81. The van der Waals surface area contributed by atoms with Gasteiger partial charge in [-0.25, -0.2) is 4.79 Å². The Balaban J connectivity index is 1.57. The highest BCUT2D eigenvalue weighted by Crippen LogP contribution is 2.57. The van der Waals surface area contributed by atoms with Crippen LogP contribution in [0.5, 0.6) is 0 Å². The number of hydrogen-bond donors (Lipinski definition) is 1. The van der Waals surface area contributed by atoms with Crippen LogP contribution < -0.4 is 0 Å². The SMILES string of the molecule is O=C(OCc1ccccc1)N1CC[C@@H]2C[C@]2(C(=O)O)C1. The number of nitrogens with zero attached hydrogens (tertiary/aromatic N) is 1. The van der Waals surface area contributed by atoms with Gasteiger partial charge in [0, 0.05) is 13.1 Å². The molecule has 1 N–H and O–H groups in total. The van der Waals surface area contributed by atoms with Crippen molar-refractivity contribution in [3.8, 4) is 0 Å². The van der Waals surface area contributed by atoms with Crippen LogP contribution in [0, 0.1) is 11.3 Å². The summed E-state index contributed by atoms with van der Waals surface area (Å²) in [5.74, 6) is -0.554. The maximum Gasteiger partial charge on any atom is 0.410 e. The first kappa shape index (κ1) is 13.0. The third-order valence-corrected chi connectivity index (χ3v) is 4.34. The Morgan fingerprint density at radius 2 is 2.10 bits per heavy atom. The number of carboxylic acid groups (broad SMARTS) is 1. The maximum absolute atomic E-state index is 12.0. The van der Waals surface area contributed by atoms with Crippen LogP contribution in [0.4, 0.5) is 4.79 Å². The lowest BCUT2D eigenvalue weighted by Gasteiger charge is -2.29. The van der Waals surface area contributed by atoms with Gasteiger partial charge >= 0.3 is 12.1 Å². The summed E-state index contributed by atoms with van der Waals surface area (Å²) in [6.07, 6.45) is 1.03. The molecular weight excluding hydrogens is 258 g/mol. The minimum absolute atomic E-state index is 0.222. The molecule has 0 bridgehead atoms. The molecule has 2 atom stereocenters. The van der Waals surface area contributed by atoms with Crippen LogP contribution in [-0.4, -0.2) is 35.2 Å². The molecule has 1 aromatic carbocycles. The van der Waals surface area contributed by atoms with Gasteiger partial charge in [-0.2, -0.15) is 0 Å². The zero-order chi connectivity index (χ0) is 14.2. The van der Waals surface area contributed by atoms with Crippen LogP contribution in [0.1, 0.15) is 18.4 Å². The van der Waals surface area contributed by atoms with Crippen LogP contribution in [0.25, 0.3) is 0 Å². The standard InChI is InChI=1S/C15H17NO4/c17-13(18)15-8-12(15)6-7-16(10-15)14(19)20-9-11-4-2-1-3-5-11/h1-5,12H,6-10H2,(H,17,18)/t12-,15+/m1/s1. The molecule has 1 aliphatic heterocycles. The minimum Gasteiger partial charge on any atom is -0.481 e. The fraction of sp³-hybridized carbons (Fsp3) is 0.467. The molecule has 0 spiro atoms. The van der Waals surface area contributed by atoms with Crippen molar-refractivity contribution in [2.75, 3.05) is 13.1 Å². The molecule has 5 nitrogen and oxygen atoms in total. The lowest BCUT2D eigenvalue weighted by Crippen LogP contribution is -2.44. The average Bonchev–Trinajstić information content (AvgIpc) is 3.21. The molecule has 1 amide bonds. The number of piperidine rings is 1. The largest absolute Gasteiger partial charge is 0.481 e. The Bertz CT molecular complexity index is 530. The molecule has 1 saturated carbocycles.